The summed E-state index contributed by atoms with van der Waals surface area (Å²) in [6.07, 6.45) is 7.31. The Kier molecular flexibility index (Phi) is 5.26. The van der Waals surface area contributed by atoms with Gasteiger partial charge >= 0.3 is 0 Å². The molecule has 1 saturated carbocycles. The Labute approximate surface area is 117 Å². The molecule has 0 radical (unpaired) electrons. The van der Waals surface area contributed by atoms with E-state index in [2.05, 4.69) is 20.9 Å². The van der Waals surface area contributed by atoms with Crippen LogP contribution in [-0.4, -0.2) is 34.0 Å². The van der Waals surface area contributed by atoms with Gasteiger partial charge in [0.25, 0.3) is 0 Å². The molecule has 1 aliphatic rings. The molecular formula is C12H21N3OS2. The van der Waals surface area contributed by atoms with Crippen molar-refractivity contribution in [2.75, 3.05) is 18.7 Å². The van der Waals surface area contributed by atoms with Crippen LogP contribution in [0.3, 0.4) is 0 Å². The number of anilines is 1. The molecule has 1 N–H and O–H groups in total. The van der Waals surface area contributed by atoms with E-state index in [1.807, 2.05) is 18.7 Å². The summed E-state index contributed by atoms with van der Waals surface area (Å²) in [5, 5.41) is 5.24. The molecule has 1 aromatic heterocycles. The van der Waals surface area contributed by atoms with Gasteiger partial charge in [-0.15, -0.1) is 0 Å². The molecule has 4 nitrogen and oxygen atoms in total. The Morgan fingerprint density at radius 3 is 3.06 bits per heavy atom. The highest BCUT2D eigenvalue weighted by atomic mass is 32.2. The van der Waals surface area contributed by atoms with E-state index in [-0.39, 0.29) is 6.10 Å². The lowest BCUT2D eigenvalue weighted by molar-refractivity contribution is 0.113. The molecule has 3 unspecified atom stereocenters. The molecule has 102 valence electrons. The number of aromatic nitrogens is 2. The maximum Gasteiger partial charge on any atom is 0.202 e. The van der Waals surface area contributed by atoms with Crippen molar-refractivity contribution in [1.29, 1.82) is 0 Å². The van der Waals surface area contributed by atoms with Crippen LogP contribution in [0, 0.1) is 0 Å². The first-order chi connectivity index (χ1) is 8.72. The first-order valence-electron chi connectivity index (χ1n) is 6.38. The Hall–Kier alpha value is -0.330. The van der Waals surface area contributed by atoms with E-state index >= 15 is 0 Å². The second kappa shape index (κ2) is 6.73. The smallest absolute Gasteiger partial charge is 0.202 e. The molecule has 18 heavy (non-hydrogen) atoms. The number of rotatable bonds is 5. The summed E-state index contributed by atoms with van der Waals surface area (Å²) in [4.78, 5) is 4.49. The minimum absolute atomic E-state index is 0.0258. The SMILES string of the molecule is COC(C)c1nsc(NC2CCCC(SC)C2)n1. The molecule has 0 saturated heterocycles. The van der Waals surface area contributed by atoms with Gasteiger partial charge in [-0.25, -0.2) is 4.98 Å². The third kappa shape index (κ3) is 3.59. The van der Waals surface area contributed by atoms with Crippen LogP contribution in [0.1, 0.15) is 44.5 Å². The Balaban J connectivity index is 1.90. The van der Waals surface area contributed by atoms with E-state index in [1.165, 1.54) is 37.2 Å². The Morgan fingerprint density at radius 2 is 2.33 bits per heavy atom. The summed E-state index contributed by atoms with van der Waals surface area (Å²) >= 11 is 3.42. The maximum absolute atomic E-state index is 5.22. The van der Waals surface area contributed by atoms with E-state index in [1.54, 1.807) is 7.11 Å². The van der Waals surface area contributed by atoms with Crippen LogP contribution >= 0.6 is 23.3 Å². The van der Waals surface area contributed by atoms with Gasteiger partial charge in [-0.1, -0.05) is 6.42 Å². The van der Waals surface area contributed by atoms with Crippen LogP contribution in [0.4, 0.5) is 5.13 Å². The zero-order valence-corrected chi connectivity index (χ0v) is 12.8. The van der Waals surface area contributed by atoms with Crippen LogP contribution in [0.25, 0.3) is 0 Å². The van der Waals surface area contributed by atoms with Crippen LogP contribution in [0.5, 0.6) is 0 Å². The second-order valence-corrected chi connectivity index (χ2v) is 6.59. The van der Waals surface area contributed by atoms with Crippen LogP contribution in [-0.2, 0) is 4.74 Å². The molecule has 0 bridgehead atoms. The molecule has 1 heterocycles. The van der Waals surface area contributed by atoms with Gasteiger partial charge in [-0.3, -0.25) is 0 Å². The van der Waals surface area contributed by atoms with Crippen molar-refractivity contribution in [3.05, 3.63) is 5.82 Å². The second-order valence-electron chi connectivity index (χ2n) is 4.70. The molecular weight excluding hydrogens is 266 g/mol. The molecule has 3 atom stereocenters. The molecule has 2 rings (SSSR count). The lowest BCUT2D eigenvalue weighted by Gasteiger charge is -2.28. The number of nitrogens with one attached hydrogen (secondary N) is 1. The van der Waals surface area contributed by atoms with Crippen molar-refractivity contribution < 1.29 is 4.74 Å². The molecule has 1 aliphatic carbocycles. The van der Waals surface area contributed by atoms with Gasteiger partial charge in [0.15, 0.2) is 5.82 Å². The van der Waals surface area contributed by atoms with E-state index < -0.39 is 0 Å². The van der Waals surface area contributed by atoms with Gasteiger partial charge in [-0.2, -0.15) is 16.1 Å². The van der Waals surface area contributed by atoms with Crippen LogP contribution < -0.4 is 5.32 Å². The van der Waals surface area contributed by atoms with Gasteiger partial charge in [0.05, 0.1) is 0 Å². The van der Waals surface area contributed by atoms with E-state index in [0.29, 0.717) is 6.04 Å². The lowest BCUT2D eigenvalue weighted by atomic mass is 9.95. The van der Waals surface area contributed by atoms with Gasteiger partial charge in [0.1, 0.15) is 6.10 Å². The largest absolute Gasteiger partial charge is 0.374 e. The molecule has 0 spiro atoms. The predicted octanol–water partition coefficient (Wildman–Crippen LogP) is 3.33. The van der Waals surface area contributed by atoms with Crippen LogP contribution in [0.2, 0.25) is 0 Å². The van der Waals surface area contributed by atoms with Crippen molar-refractivity contribution in [2.45, 2.75) is 50.0 Å². The molecule has 0 aliphatic heterocycles. The summed E-state index contributed by atoms with van der Waals surface area (Å²) in [5.41, 5.74) is 0. The van der Waals surface area contributed by atoms with E-state index in [4.69, 9.17) is 4.74 Å². The van der Waals surface area contributed by atoms with Gasteiger partial charge in [0, 0.05) is 29.9 Å². The van der Waals surface area contributed by atoms with Gasteiger partial charge in [0.2, 0.25) is 5.13 Å². The topological polar surface area (TPSA) is 47.0 Å². The van der Waals surface area contributed by atoms with Crippen molar-refractivity contribution in [3.63, 3.8) is 0 Å². The zero-order chi connectivity index (χ0) is 13.0. The normalized spacial score (nSPS) is 25.9. The zero-order valence-electron chi connectivity index (χ0n) is 11.2. The molecule has 0 aromatic carbocycles. The van der Waals surface area contributed by atoms with Gasteiger partial charge in [-0.05, 0) is 32.4 Å². The number of hydrogen-bond acceptors (Lipinski definition) is 6. The minimum atomic E-state index is -0.0258. The average molecular weight is 287 g/mol. The summed E-state index contributed by atoms with van der Waals surface area (Å²) in [5.74, 6) is 0.780. The highest BCUT2D eigenvalue weighted by Crippen LogP contribution is 2.29. The fraction of sp³-hybridized carbons (Fsp3) is 0.833. The van der Waals surface area contributed by atoms with E-state index in [9.17, 15) is 0 Å². The molecule has 1 fully saturated rings. The maximum atomic E-state index is 5.22. The Bertz CT molecular complexity index is 372. The standard InChI is InChI=1S/C12H21N3OS2/c1-8(16-2)11-14-12(18-15-11)13-9-5-4-6-10(7-9)17-3/h8-10H,4-7H2,1-3H3,(H,13,14,15). The quantitative estimate of drug-likeness (QED) is 0.900. The summed E-state index contributed by atoms with van der Waals surface area (Å²) in [6.45, 7) is 1.97. The predicted molar refractivity (Wildman–Crippen MR) is 78.5 cm³/mol. The third-order valence-corrected chi connectivity index (χ3v) is 5.20. The summed E-state index contributed by atoms with van der Waals surface area (Å²) < 4.78 is 9.55. The van der Waals surface area contributed by atoms with E-state index in [0.717, 1.165) is 16.2 Å². The van der Waals surface area contributed by atoms with Crippen molar-refractivity contribution >= 4 is 28.4 Å². The number of thioether (sulfide) groups is 1. The Morgan fingerprint density at radius 1 is 1.50 bits per heavy atom. The summed E-state index contributed by atoms with van der Waals surface area (Å²) in [6, 6.07) is 0.551. The summed E-state index contributed by atoms with van der Waals surface area (Å²) in [7, 11) is 1.68. The highest BCUT2D eigenvalue weighted by Gasteiger charge is 2.22. The minimum Gasteiger partial charge on any atom is -0.374 e. The first kappa shape index (κ1) is 14.1. The molecule has 1 aromatic rings. The van der Waals surface area contributed by atoms with Crippen molar-refractivity contribution in [1.82, 2.24) is 9.36 Å². The number of methoxy groups -OCH3 is 1. The number of hydrogen-bond donors (Lipinski definition) is 1. The third-order valence-electron chi connectivity index (χ3n) is 3.45. The average Bonchev–Trinajstić information content (AvgIpc) is 2.86. The first-order valence-corrected chi connectivity index (χ1v) is 8.44. The lowest BCUT2D eigenvalue weighted by Crippen LogP contribution is -2.28. The van der Waals surface area contributed by atoms with Crippen LogP contribution in [0.15, 0.2) is 0 Å². The highest BCUT2D eigenvalue weighted by molar-refractivity contribution is 7.99. The molecule has 0 amide bonds. The van der Waals surface area contributed by atoms with Crippen molar-refractivity contribution in [2.24, 2.45) is 0 Å². The monoisotopic (exact) mass is 287 g/mol. The molecule has 6 heteroatoms. The fourth-order valence-electron chi connectivity index (χ4n) is 2.23. The number of nitrogens with zero attached hydrogens (tertiary/aromatic N) is 2. The van der Waals surface area contributed by atoms with Crippen molar-refractivity contribution in [3.8, 4) is 0 Å². The van der Waals surface area contributed by atoms with Gasteiger partial charge < -0.3 is 10.1 Å². The fourth-order valence-corrected chi connectivity index (χ4v) is 3.78. The number of ether oxygens (including phenoxy) is 1.